The van der Waals surface area contributed by atoms with Gasteiger partial charge >= 0.3 is 5.97 Å². The average molecular weight is 343 g/mol. The first-order valence-corrected chi connectivity index (χ1v) is 8.14. The van der Waals surface area contributed by atoms with Crippen molar-refractivity contribution in [3.05, 3.63) is 42.0 Å². The van der Waals surface area contributed by atoms with Gasteiger partial charge in [-0.3, -0.25) is 9.59 Å². The zero-order valence-electron chi connectivity index (χ0n) is 14.3. The van der Waals surface area contributed by atoms with Crippen LogP contribution in [0.3, 0.4) is 0 Å². The third kappa shape index (κ3) is 3.30. The molecule has 1 N–H and O–H groups in total. The molecule has 1 saturated heterocycles. The van der Waals surface area contributed by atoms with Crippen molar-refractivity contribution in [3.63, 3.8) is 0 Å². The second-order valence-corrected chi connectivity index (χ2v) is 6.15. The zero-order valence-corrected chi connectivity index (χ0v) is 14.3. The van der Waals surface area contributed by atoms with Crippen molar-refractivity contribution < 1.29 is 24.2 Å². The molecule has 1 aliphatic heterocycles. The van der Waals surface area contributed by atoms with Crippen molar-refractivity contribution >= 4 is 22.6 Å². The van der Waals surface area contributed by atoms with Crippen molar-refractivity contribution in [2.45, 2.75) is 12.5 Å². The summed E-state index contributed by atoms with van der Waals surface area (Å²) >= 11 is 0. The summed E-state index contributed by atoms with van der Waals surface area (Å²) in [6.07, 6.45) is 0.0182. The highest BCUT2D eigenvalue weighted by molar-refractivity contribution is 5.89. The molecule has 3 rings (SSSR count). The van der Waals surface area contributed by atoms with E-state index in [0.717, 1.165) is 22.1 Å². The van der Waals surface area contributed by atoms with E-state index in [9.17, 15) is 14.7 Å². The maximum absolute atomic E-state index is 12.3. The van der Waals surface area contributed by atoms with Gasteiger partial charge < -0.3 is 19.5 Å². The lowest BCUT2D eigenvalue weighted by Gasteiger charge is -2.27. The first-order valence-electron chi connectivity index (χ1n) is 8.14. The van der Waals surface area contributed by atoms with Gasteiger partial charge in [0.2, 0.25) is 5.91 Å². The molecule has 0 aromatic heterocycles. The number of carbonyl (C=O) groups is 2. The highest BCUT2D eigenvalue weighted by atomic mass is 16.5. The number of hydrogen-bond acceptors (Lipinski definition) is 4. The maximum atomic E-state index is 12.3. The Balaban J connectivity index is 2.01. The number of carboxylic acid groups (broad SMARTS) is 1. The first kappa shape index (κ1) is 17.2. The Morgan fingerprint density at radius 1 is 1.20 bits per heavy atom. The smallest absolute Gasteiger partial charge is 0.309 e. The molecule has 2 aromatic carbocycles. The summed E-state index contributed by atoms with van der Waals surface area (Å²) < 4.78 is 10.3. The largest absolute Gasteiger partial charge is 0.497 e. The normalized spacial score (nSPS) is 20.2. The van der Waals surface area contributed by atoms with Crippen LogP contribution in [0.15, 0.2) is 36.4 Å². The molecule has 2 unspecified atom stereocenters. The van der Waals surface area contributed by atoms with Crippen LogP contribution in [0.5, 0.6) is 5.75 Å². The summed E-state index contributed by atoms with van der Waals surface area (Å²) in [7, 11) is 3.18. The Morgan fingerprint density at radius 3 is 2.60 bits per heavy atom. The van der Waals surface area contributed by atoms with Crippen LogP contribution in [0.4, 0.5) is 0 Å². The SMILES string of the molecule is COCCN1C(=O)CC(C(=O)O)C1c1ccc2cc(OC)ccc2c1. The number of rotatable bonds is 6. The van der Waals surface area contributed by atoms with Gasteiger partial charge in [0.15, 0.2) is 0 Å². The number of carbonyl (C=O) groups excluding carboxylic acids is 1. The van der Waals surface area contributed by atoms with Crippen molar-refractivity contribution in [3.8, 4) is 5.75 Å². The Hall–Kier alpha value is -2.60. The van der Waals surface area contributed by atoms with Crippen molar-refractivity contribution in [2.24, 2.45) is 5.92 Å². The van der Waals surface area contributed by atoms with Crippen LogP contribution in [0.2, 0.25) is 0 Å². The van der Waals surface area contributed by atoms with E-state index in [1.807, 2.05) is 36.4 Å². The number of nitrogens with zero attached hydrogens (tertiary/aromatic N) is 1. The van der Waals surface area contributed by atoms with Crippen molar-refractivity contribution in [1.82, 2.24) is 4.90 Å². The number of methoxy groups -OCH3 is 2. The first-order chi connectivity index (χ1) is 12.0. The Morgan fingerprint density at radius 2 is 1.92 bits per heavy atom. The highest BCUT2D eigenvalue weighted by Crippen LogP contribution is 2.39. The van der Waals surface area contributed by atoms with Crippen LogP contribution in [0, 0.1) is 5.92 Å². The summed E-state index contributed by atoms with van der Waals surface area (Å²) in [4.78, 5) is 25.6. The average Bonchev–Trinajstić information content (AvgIpc) is 2.95. The fourth-order valence-electron chi connectivity index (χ4n) is 3.43. The van der Waals surface area contributed by atoms with Gasteiger partial charge in [-0.1, -0.05) is 18.2 Å². The molecule has 1 amide bonds. The summed E-state index contributed by atoms with van der Waals surface area (Å²) in [5.74, 6) is -1.08. The fourth-order valence-corrected chi connectivity index (χ4v) is 3.43. The molecular formula is C19H21NO5. The van der Waals surface area contributed by atoms with Crippen molar-refractivity contribution in [1.29, 1.82) is 0 Å². The van der Waals surface area contributed by atoms with Crippen LogP contribution in [-0.2, 0) is 14.3 Å². The predicted octanol–water partition coefficient (Wildman–Crippen LogP) is 2.47. The minimum Gasteiger partial charge on any atom is -0.497 e. The van der Waals surface area contributed by atoms with Crippen LogP contribution in [0.1, 0.15) is 18.0 Å². The summed E-state index contributed by atoms with van der Waals surface area (Å²) in [5, 5.41) is 11.5. The third-order valence-corrected chi connectivity index (χ3v) is 4.70. The van der Waals surface area contributed by atoms with Gasteiger partial charge in [0, 0.05) is 20.1 Å². The minimum atomic E-state index is -0.951. The molecule has 6 nitrogen and oxygen atoms in total. The molecule has 25 heavy (non-hydrogen) atoms. The Labute approximate surface area is 145 Å². The quantitative estimate of drug-likeness (QED) is 0.872. The number of aliphatic carboxylic acids is 1. The summed E-state index contributed by atoms with van der Waals surface area (Å²) in [6.45, 7) is 0.754. The van der Waals surface area contributed by atoms with Gasteiger partial charge in [-0.15, -0.1) is 0 Å². The summed E-state index contributed by atoms with van der Waals surface area (Å²) in [6, 6.07) is 11.0. The lowest BCUT2D eigenvalue weighted by Crippen LogP contribution is -2.33. The zero-order chi connectivity index (χ0) is 18.0. The van der Waals surface area contributed by atoms with Gasteiger partial charge in [0.1, 0.15) is 5.75 Å². The molecule has 1 aliphatic rings. The number of amides is 1. The highest BCUT2D eigenvalue weighted by Gasteiger charge is 2.44. The van der Waals surface area contributed by atoms with Gasteiger partial charge in [0.25, 0.3) is 0 Å². The molecular weight excluding hydrogens is 322 g/mol. The second-order valence-electron chi connectivity index (χ2n) is 6.15. The molecule has 1 fully saturated rings. The van der Waals surface area contributed by atoms with Gasteiger partial charge in [-0.05, 0) is 34.5 Å². The van der Waals surface area contributed by atoms with Crippen molar-refractivity contribution in [2.75, 3.05) is 27.4 Å². The molecule has 0 saturated carbocycles. The van der Waals surface area contributed by atoms with E-state index in [1.54, 1.807) is 19.1 Å². The van der Waals surface area contributed by atoms with Gasteiger partial charge in [-0.25, -0.2) is 0 Å². The van der Waals surface area contributed by atoms with E-state index >= 15 is 0 Å². The number of carboxylic acids is 1. The number of hydrogen-bond donors (Lipinski definition) is 1. The number of benzene rings is 2. The van der Waals surface area contributed by atoms with Gasteiger partial charge in [0.05, 0.1) is 25.7 Å². The van der Waals surface area contributed by atoms with E-state index in [1.165, 1.54) is 0 Å². The molecule has 0 spiro atoms. The van der Waals surface area contributed by atoms with E-state index in [0.29, 0.717) is 13.2 Å². The molecule has 1 heterocycles. The molecule has 132 valence electrons. The summed E-state index contributed by atoms with van der Waals surface area (Å²) in [5.41, 5.74) is 0.826. The Bertz CT molecular complexity index is 804. The lowest BCUT2D eigenvalue weighted by molar-refractivity contribution is -0.142. The van der Waals surface area contributed by atoms with Crippen LogP contribution in [-0.4, -0.2) is 49.3 Å². The van der Waals surface area contributed by atoms with E-state index < -0.39 is 17.9 Å². The third-order valence-electron chi connectivity index (χ3n) is 4.70. The van der Waals surface area contributed by atoms with E-state index in [2.05, 4.69) is 0 Å². The van der Waals surface area contributed by atoms with Crippen LogP contribution < -0.4 is 4.74 Å². The molecule has 0 bridgehead atoms. The predicted molar refractivity (Wildman–Crippen MR) is 92.6 cm³/mol. The topological polar surface area (TPSA) is 76.1 Å². The lowest BCUT2D eigenvalue weighted by atomic mass is 9.92. The minimum absolute atomic E-state index is 0.0182. The maximum Gasteiger partial charge on any atom is 0.309 e. The van der Waals surface area contributed by atoms with Gasteiger partial charge in [-0.2, -0.15) is 0 Å². The fraction of sp³-hybridized carbons (Fsp3) is 0.368. The number of fused-ring (bicyclic) bond motifs is 1. The van der Waals surface area contributed by atoms with E-state index in [4.69, 9.17) is 9.47 Å². The number of likely N-dealkylation sites (tertiary alicyclic amines) is 1. The molecule has 0 aliphatic carbocycles. The molecule has 2 atom stereocenters. The number of ether oxygens (including phenoxy) is 2. The molecule has 0 radical (unpaired) electrons. The molecule has 6 heteroatoms. The second kappa shape index (κ2) is 7.11. The standard InChI is InChI=1S/C19H21NO5/c1-24-8-7-20-17(21)11-16(19(22)23)18(20)14-4-3-13-10-15(25-2)6-5-12(13)9-14/h3-6,9-10,16,18H,7-8,11H2,1-2H3,(H,22,23). The van der Waals surface area contributed by atoms with E-state index in [-0.39, 0.29) is 12.3 Å². The Kier molecular flexibility index (Phi) is 4.90. The van der Waals surface area contributed by atoms with Crippen LogP contribution in [0.25, 0.3) is 10.8 Å². The van der Waals surface area contributed by atoms with Crippen LogP contribution >= 0.6 is 0 Å². The molecule has 2 aromatic rings. The monoisotopic (exact) mass is 343 g/mol.